The van der Waals surface area contributed by atoms with Gasteiger partial charge in [-0.25, -0.2) is 0 Å². The number of rotatable bonds is 0. The van der Waals surface area contributed by atoms with Gasteiger partial charge in [0.05, 0.1) is 14.1 Å². The van der Waals surface area contributed by atoms with E-state index in [-0.39, 0.29) is 24.0 Å². The van der Waals surface area contributed by atoms with Gasteiger partial charge < -0.3 is 24.0 Å². The van der Waals surface area contributed by atoms with E-state index in [1.54, 1.807) is 0 Å². The van der Waals surface area contributed by atoms with Gasteiger partial charge in [0.1, 0.15) is 13.1 Å². The van der Waals surface area contributed by atoms with Crippen molar-refractivity contribution in [3.05, 3.63) is 0 Å². The Morgan fingerprint density at radius 2 is 2.25 bits per heavy atom. The minimum Gasteiger partial charge on any atom is -1.00 e. The molecule has 2 nitrogen and oxygen atoms in total. The predicted molar refractivity (Wildman–Crippen MR) is 29.7 cm³/mol. The Hall–Kier alpha value is 0.200. The fraction of sp³-hybridized carbons (Fsp3) is 0.800. The summed E-state index contributed by atoms with van der Waals surface area (Å²) in [5.74, 6) is 0. The zero-order chi connectivity index (χ0) is 5.28. The highest BCUT2D eigenvalue weighted by Crippen LogP contribution is 1.83. The third-order valence-corrected chi connectivity index (χ3v) is 1.20. The van der Waals surface area contributed by atoms with Crippen molar-refractivity contribution in [3.8, 4) is 0 Å². The lowest BCUT2D eigenvalue weighted by Gasteiger charge is -1.90. The van der Waals surface area contributed by atoms with Crippen LogP contribution in [0.15, 0.2) is 0 Å². The number of hydrogen-bond donors (Lipinski definition) is 0. The molecule has 0 N–H and O–H groups in total. The third-order valence-electron chi connectivity index (χ3n) is 1.20. The summed E-state index contributed by atoms with van der Waals surface area (Å²) in [4.78, 5) is 2.18. The maximum atomic E-state index is 2.18. The molecule has 1 aliphatic heterocycles. The summed E-state index contributed by atoms with van der Waals surface area (Å²) in [6.07, 6.45) is 2.11. The topological polar surface area (TPSA) is 6.25 Å². The van der Waals surface area contributed by atoms with Crippen LogP contribution >= 0.6 is 0 Å². The minimum atomic E-state index is 0. The third kappa shape index (κ3) is 1.98. The van der Waals surface area contributed by atoms with Crippen molar-refractivity contribution in [3.63, 3.8) is 0 Å². The Kier molecular flexibility index (Phi) is 3.35. The molecule has 0 fully saturated rings. The molecule has 0 bridgehead atoms. The van der Waals surface area contributed by atoms with Crippen molar-refractivity contribution in [2.75, 3.05) is 27.2 Å². The number of halogens is 1. The van der Waals surface area contributed by atoms with Gasteiger partial charge in [0, 0.05) is 0 Å². The van der Waals surface area contributed by atoms with E-state index < -0.39 is 0 Å². The molecule has 0 radical (unpaired) electrons. The second kappa shape index (κ2) is 3.27. The molecule has 0 saturated carbocycles. The van der Waals surface area contributed by atoms with Gasteiger partial charge in [-0.05, 0) is 0 Å². The van der Waals surface area contributed by atoms with Crippen LogP contribution in [0.5, 0.6) is 0 Å². The van der Waals surface area contributed by atoms with Crippen molar-refractivity contribution in [1.29, 1.82) is 0 Å². The molecule has 1 aliphatic rings. The van der Waals surface area contributed by atoms with E-state index in [0.29, 0.717) is 0 Å². The smallest absolute Gasteiger partial charge is 0.233 e. The van der Waals surface area contributed by atoms with E-state index in [9.17, 15) is 0 Å². The average Bonchev–Trinajstić information content (AvgIpc) is 1.87. The summed E-state index contributed by atoms with van der Waals surface area (Å²) in [7, 11) is 4.17. The zero-order valence-corrected chi connectivity index (χ0v) is 7.42. The first-order valence-electron chi connectivity index (χ1n) is 2.54. The Balaban J connectivity index is 0.000000490. The average molecular weight is 226 g/mol. The first-order chi connectivity index (χ1) is 3.29. The molecule has 3 heteroatoms. The molecule has 0 aromatic carbocycles. The van der Waals surface area contributed by atoms with Crippen LogP contribution in [0, 0.1) is 0 Å². The van der Waals surface area contributed by atoms with Gasteiger partial charge in [-0.1, -0.05) is 0 Å². The quantitative estimate of drug-likeness (QED) is 0.308. The fourth-order valence-electron chi connectivity index (χ4n) is 0.767. The highest BCUT2D eigenvalue weighted by molar-refractivity contribution is 5.49. The van der Waals surface area contributed by atoms with Crippen LogP contribution in [0.4, 0.5) is 0 Å². The second-order valence-electron chi connectivity index (χ2n) is 2.08. The van der Waals surface area contributed by atoms with Gasteiger partial charge >= 0.3 is 0 Å². The van der Waals surface area contributed by atoms with Crippen LogP contribution < -0.4 is 24.0 Å². The molecule has 0 atom stereocenters. The molecule has 8 heavy (non-hydrogen) atoms. The van der Waals surface area contributed by atoms with Gasteiger partial charge in [0.25, 0.3) is 0 Å². The van der Waals surface area contributed by atoms with Crippen LogP contribution in [0.3, 0.4) is 0 Å². The summed E-state index contributed by atoms with van der Waals surface area (Å²) in [5, 5.41) is 0. The lowest BCUT2D eigenvalue weighted by Crippen LogP contribution is -3.00. The Morgan fingerprint density at radius 3 is 2.38 bits per heavy atom. The molecule has 0 spiro atoms. The normalized spacial score (nSPS) is 17.8. The Labute approximate surface area is 67.2 Å². The van der Waals surface area contributed by atoms with Crippen molar-refractivity contribution in [2.24, 2.45) is 0 Å². The van der Waals surface area contributed by atoms with Crippen LogP contribution in [0.1, 0.15) is 0 Å². The lowest BCUT2D eigenvalue weighted by molar-refractivity contribution is -0.482. The largest absolute Gasteiger partial charge is 1.00 e. The molecule has 0 aromatic heterocycles. The van der Waals surface area contributed by atoms with Crippen molar-refractivity contribution in [2.45, 2.75) is 0 Å². The maximum Gasteiger partial charge on any atom is 0.233 e. The molecular weight excluding hydrogens is 215 g/mol. The van der Waals surface area contributed by atoms with E-state index in [1.165, 1.54) is 13.1 Å². The summed E-state index contributed by atoms with van der Waals surface area (Å²) < 4.78 is 2.18. The molecule has 0 aliphatic carbocycles. The molecule has 1 heterocycles. The summed E-state index contributed by atoms with van der Waals surface area (Å²) in [6, 6.07) is 0. The van der Waals surface area contributed by atoms with Crippen molar-refractivity contribution < 1.29 is 28.6 Å². The second-order valence-corrected chi connectivity index (χ2v) is 2.08. The van der Waals surface area contributed by atoms with Crippen molar-refractivity contribution >= 4 is 6.34 Å². The molecule has 0 unspecified atom stereocenters. The number of hydrogen-bond acceptors (Lipinski definition) is 1. The van der Waals surface area contributed by atoms with Crippen LogP contribution in [0.25, 0.3) is 0 Å². The van der Waals surface area contributed by atoms with Crippen LogP contribution in [-0.4, -0.2) is 43.0 Å². The minimum absolute atomic E-state index is 0. The van der Waals surface area contributed by atoms with E-state index in [1.807, 2.05) is 0 Å². The molecule has 0 aromatic rings. The van der Waals surface area contributed by atoms with Gasteiger partial charge in [0.2, 0.25) is 6.34 Å². The van der Waals surface area contributed by atoms with Crippen LogP contribution in [0.2, 0.25) is 0 Å². The molecule has 0 saturated heterocycles. The summed E-state index contributed by atoms with van der Waals surface area (Å²) >= 11 is 0. The lowest BCUT2D eigenvalue weighted by atomic mass is 10.6. The standard InChI is InChI=1S/C5H11N2.HI/c1-6-3-4-7(2)5-6;/h5H,3-4H2,1-2H3;1H/q+1;/p-1. The maximum absolute atomic E-state index is 2.18. The van der Waals surface area contributed by atoms with Gasteiger partial charge in [0.15, 0.2) is 0 Å². The predicted octanol–water partition coefficient (Wildman–Crippen LogP) is -3.39. The molecule has 0 amide bonds. The number of likely N-dealkylation sites (N-methyl/N-ethyl adjacent to an activating group) is 2. The summed E-state index contributed by atoms with van der Waals surface area (Å²) in [6.45, 7) is 2.35. The van der Waals surface area contributed by atoms with Crippen molar-refractivity contribution in [1.82, 2.24) is 4.90 Å². The summed E-state index contributed by atoms with van der Waals surface area (Å²) in [5.41, 5.74) is 0. The molecule has 48 valence electrons. The number of nitrogens with zero attached hydrogens (tertiary/aromatic N) is 2. The monoisotopic (exact) mass is 226 g/mol. The molecule has 1 rings (SSSR count). The van der Waals surface area contributed by atoms with Gasteiger partial charge in [-0.15, -0.1) is 0 Å². The van der Waals surface area contributed by atoms with E-state index in [4.69, 9.17) is 0 Å². The Morgan fingerprint density at radius 1 is 1.62 bits per heavy atom. The van der Waals surface area contributed by atoms with Gasteiger partial charge in [-0.3, -0.25) is 9.48 Å². The van der Waals surface area contributed by atoms with Gasteiger partial charge in [-0.2, -0.15) is 0 Å². The van der Waals surface area contributed by atoms with E-state index in [0.717, 1.165) is 0 Å². The fourth-order valence-corrected chi connectivity index (χ4v) is 0.767. The highest BCUT2D eigenvalue weighted by Gasteiger charge is 2.08. The Bertz CT molecular complexity index is 101. The highest BCUT2D eigenvalue weighted by atomic mass is 127. The first kappa shape index (κ1) is 8.20. The first-order valence-corrected chi connectivity index (χ1v) is 2.54. The SMILES string of the molecule is CN1C=[N+](C)CC1.[I-]. The van der Waals surface area contributed by atoms with Crippen LogP contribution in [-0.2, 0) is 0 Å². The zero-order valence-electron chi connectivity index (χ0n) is 5.26. The van der Waals surface area contributed by atoms with E-state index >= 15 is 0 Å². The molecular formula is C5H11IN2. The van der Waals surface area contributed by atoms with E-state index in [2.05, 4.69) is 29.9 Å².